The van der Waals surface area contributed by atoms with E-state index in [1.165, 1.54) is 12.8 Å². The van der Waals surface area contributed by atoms with Gasteiger partial charge in [-0.1, -0.05) is 31.9 Å². The van der Waals surface area contributed by atoms with Gasteiger partial charge in [-0.05, 0) is 67.6 Å². The minimum Gasteiger partial charge on any atom is -0.490 e. The Morgan fingerprint density at radius 3 is 2.73 bits per heavy atom. The summed E-state index contributed by atoms with van der Waals surface area (Å²) in [5.74, 6) is 0.337. The minimum absolute atomic E-state index is 0.173. The van der Waals surface area contributed by atoms with Gasteiger partial charge in [-0.25, -0.2) is 0 Å². The van der Waals surface area contributed by atoms with Crippen LogP contribution < -0.4 is 15.5 Å². The van der Waals surface area contributed by atoms with E-state index in [-0.39, 0.29) is 24.4 Å². The van der Waals surface area contributed by atoms with Gasteiger partial charge in [0.05, 0.1) is 19.2 Å². The van der Waals surface area contributed by atoms with Crippen molar-refractivity contribution in [1.82, 2.24) is 5.43 Å². The Balaban J connectivity index is 1.51. The summed E-state index contributed by atoms with van der Waals surface area (Å²) in [6, 6.07) is 12.9. The van der Waals surface area contributed by atoms with Crippen LogP contribution in [0.1, 0.15) is 67.4 Å². The number of nitrogens with zero attached hydrogens (tertiary/aromatic N) is 1. The fraction of sp³-hybridized carbons (Fsp3) is 0.423. The van der Waals surface area contributed by atoms with Crippen LogP contribution in [0, 0.1) is 0 Å². The lowest BCUT2D eigenvalue weighted by Crippen LogP contribution is -2.26. The number of hydrogen-bond donors (Lipinski definition) is 2. The van der Waals surface area contributed by atoms with Gasteiger partial charge in [-0.3, -0.25) is 9.59 Å². The van der Waals surface area contributed by atoms with Gasteiger partial charge in [0.2, 0.25) is 0 Å². The maximum Gasteiger partial charge on any atom is 0.309 e. The Kier molecular flexibility index (Phi) is 9.30. The van der Waals surface area contributed by atoms with Gasteiger partial charge < -0.3 is 20.2 Å². The third kappa shape index (κ3) is 7.63. The van der Waals surface area contributed by atoms with Crippen LogP contribution in [0.5, 0.6) is 5.75 Å². The van der Waals surface area contributed by atoms with E-state index < -0.39 is 0 Å². The van der Waals surface area contributed by atoms with Crippen LogP contribution in [-0.4, -0.2) is 37.3 Å². The molecule has 176 valence electrons. The number of fused-ring (bicyclic) bond motifs is 1. The number of nitrogens with one attached hydrogen (secondary N) is 2. The molecular formula is C26H33N3O4. The van der Waals surface area contributed by atoms with Crippen molar-refractivity contribution in [3.8, 4) is 5.75 Å². The van der Waals surface area contributed by atoms with Gasteiger partial charge in [0.25, 0.3) is 5.91 Å². The predicted octanol–water partition coefficient (Wildman–Crippen LogP) is 4.70. The van der Waals surface area contributed by atoms with Gasteiger partial charge in [0, 0.05) is 17.8 Å². The molecule has 3 rings (SSSR count). The topological polar surface area (TPSA) is 89.0 Å². The van der Waals surface area contributed by atoms with Crippen LogP contribution in [0.4, 0.5) is 5.69 Å². The maximum absolute atomic E-state index is 12.6. The first-order chi connectivity index (χ1) is 16.1. The Morgan fingerprint density at radius 2 is 1.97 bits per heavy atom. The molecule has 2 aromatic carbocycles. The number of hydrazone groups is 1. The lowest BCUT2D eigenvalue weighted by molar-refractivity contribution is -0.145. The average Bonchev–Trinajstić information content (AvgIpc) is 2.82. The molecule has 0 radical (unpaired) electrons. The van der Waals surface area contributed by atoms with E-state index in [0.717, 1.165) is 42.7 Å². The predicted molar refractivity (Wildman–Crippen MR) is 130 cm³/mol. The molecule has 0 aliphatic carbocycles. The Labute approximate surface area is 195 Å². The quantitative estimate of drug-likeness (QED) is 0.224. The zero-order valence-corrected chi connectivity index (χ0v) is 19.4. The number of amides is 1. The van der Waals surface area contributed by atoms with Gasteiger partial charge in [-0.15, -0.1) is 0 Å². The molecule has 1 atom stereocenters. The van der Waals surface area contributed by atoms with E-state index >= 15 is 0 Å². The molecule has 1 amide bonds. The summed E-state index contributed by atoms with van der Waals surface area (Å²) >= 11 is 0. The summed E-state index contributed by atoms with van der Waals surface area (Å²) in [5.41, 5.74) is 6.28. The van der Waals surface area contributed by atoms with E-state index in [2.05, 4.69) is 22.8 Å². The molecule has 7 heteroatoms. The monoisotopic (exact) mass is 451 g/mol. The third-order valence-corrected chi connectivity index (χ3v) is 5.42. The fourth-order valence-electron chi connectivity index (χ4n) is 3.63. The molecule has 1 aliphatic heterocycles. The zero-order valence-electron chi connectivity index (χ0n) is 19.4. The van der Waals surface area contributed by atoms with Crippen molar-refractivity contribution < 1.29 is 19.1 Å². The summed E-state index contributed by atoms with van der Waals surface area (Å²) in [4.78, 5) is 24.3. The van der Waals surface area contributed by atoms with Crippen LogP contribution in [0.3, 0.4) is 0 Å². The molecule has 0 fully saturated rings. The standard InChI is InChI=1S/C26H33N3O4/c1-3-5-6-15-27-28-18-19-7-9-20(10-8-19)26(31)29-22-12-14-24-21(16-22)11-13-23(33-24)17-25(30)32-4-2/h7-10,12,14,16,18,23,27H,3-6,11,13,15,17H2,1-2H3,(H,29,31). The maximum atomic E-state index is 12.6. The molecule has 33 heavy (non-hydrogen) atoms. The lowest BCUT2D eigenvalue weighted by atomic mass is 10.00. The fourth-order valence-corrected chi connectivity index (χ4v) is 3.63. The molecule has 1 unspecified atom stereocenters. The number of esters is 1. The van der Waals surface area contributed by atoms with Crippen molar-refractivity contribution in [2.45, 2.75) is 58.5 Å². The molecule has 0 aromatic heterocycles. The molecule has 0 bridgehead atoms. The molecule has 0 saturated carbocycles. The van der Waals surface area contributed by atoms with Crippen molar-refractivity contribution in [2.24, 2.45) is 5.10 Å². The summed E-state index contributed by atoms with van der Waals surface area (Å²) in [7, 11) is 0. The number of carbonyl (C=O) groups excluding carboxylic acids is 2. The molecule has 1 aliphatic rings. The van der Waals surface area contributed by atoms with Crippen molar-refractivity contribution in [1.29, 1.82) is 0 Å². The van der Waals surface area contributed by atoms with Crippen molar-refractivity contribution in [3.63, 3.8) is 0 Å². The van der Waals surface area contributed by atoms with Crippen LogP contribution in [-0.2, 0) is 16.0 Å². The third-order valence-electron chi connectivity index (χ3n) is 5.42. The largest absolute Gasteiger partial charge is 0.490 e. The molecular weight excluding hydrogens is 418 g/mol. The Morgan fingerprint density at radius 1 is 1.15 bits per heavy atom. The van der Waals surface area contributed by atoms with Crippen LogP contribution in [0.2, 0.25) is 0 Å². The minimum atomic E-state index is -0.240. The second-order valence-corrected chi connectivity index (χ2v) is 8.06. The number of aryl methyl sites for hydroxylation is 1. The Hall–Kier alpha value is -3.35. The van der Waals surface area contributed by atoms with Crippen LogP contribution in [0.15, 0.2) is 47.6 Å². The molecule has 0 saturated heterocycles. The van der Waals surface area contributed by atoms with E-state index in [4.69, 9.17) is 9.47 Å². The Bertz CT molecular complexity index is 957. The highest BCUT2D eigenvalue weighted by Crippen LogP contribution is 2.31. The zero-order chi connectivity index (χ0) is 23.5. The first kappa shape index (κ1) is 24.3. The SMILES string of the molecule is CCCCCNN=Cc1ccc(C(=O)Nc2ccc3c(c2)CCC(CC(=O)OCC)O3)cc1. The summed E-state index contributed by atoms with van der Waals surface area (Å²) in [6.07, 6.45) is 6.84. The number of benzene rings is 2. The van der Waals surface area contributed by atoms with Crippen molar-refractivity contribution in [3.05, 3.63) is 59.2 Å². The molecule has 2 aromatic rings. The molecule has 0 spiro atoms. The summed E-state index contributed by atoms with van der Waals surface area (Å²) in [5, 5.41) is 7.16. The first-order valence-corrected chi connectivity index (χ1v) is 11.7. The molecule has 1 heterocycles. The number of carbonyl (C=O) groups is 2. The normalized spacial score (nSPS) is 14.9. The lowest BCUT2D eigenvalue weighted by Gasteiger charge is -2.26. The van der Waals surface area contributed by atoms with Crippen molar-refractivity contribution >= 4 is 23.8 Å². The second-order valence-electron chi connectivity index (χ2n) is 8.06. The molecule has 2 N–H and O–H groups in total. The summed E-state index contributed by atoms with van der Waals surface area (Å²) in [6.45, 7) is 5.20. The van der Waals surface area contributed by atoms with E-state index in [0.29, 0.717) is 17.9 Å². The number of anilines is 1. The highest BCUT2D eigenvalue weighted by Gasteiger charge is 2.23. The molecule has 7 nitrogen and oxygen atoms in total. The number of rotatable bonds is 11. The van der Waals surface area contributed by atoms with E-state index in [1.807, 2.05) is 30.3 Å². The summed E-state index contributed by atoms with van der Waals surface area (Å²) < 4.78 is 10.9. The smallest absolute Gasteiger partial charge is 0.309 e. The average molecular weight is 452 g/mol. The van der Waals surface area contributed by atoms with E-state index in [9.17, 15) is 9.59 Å². The van der Waals surface area contributed by atoms with Gasteiger partial charge in [-0.2, -0.15) is 5.10 Å². The van der Waals surface area contributed by atoms with Crippen LogP contribution >= 0.6 is 0 Å². The highest BCUT2D eigenvalue weighted by atomic mass is 16.5. The van der Waals surface area contributed by atoms with Gasteiger partial charge in [0.1, 0.15) is 11.9 Å². The van der Waals surface area contributed by atoms with E-state index in [1.54, 1.807) is 25.3 Å². The second kappa shape index (κ2) is 12.6. The van der Waals surface area contributed by atoms with Gasteiger partial charge >= 0.3 is 5.97 Å². The first-order valence-electron chi connectivity index (χ1n) is 11.7. The number of unbranched alkanes of at least 4 members (excludes halogenated alkanes) is 2. The number of ether oxygens (including phenoxy) is 2. The highest BCUT2D eigenvalue weighted by molar-refractivity contribution is 6.04. The van der Waals surface area contributed by atoms with Crippen LogP contribution in [0.25, 0.3) is 0 Å². The van der Waals surface area contributed by atoms with Crippen molar-refractivity contribution in [2.75, 3.05) is 18.5 Å². The van der Waals surface area contributed by atoms with Gasteiger partial charge in [0.15, 0.2) is 0 Å². The number of hydrogen-bond acceptors (Lipinski definition) is 6.